The highest BCUT2D eigenvalue weighted by Crippen LogP contribution is 2.22. The van der Waals surface area contributed by atoms with Gasteiger partial charge in [-0.05, 0) is 81.9 Å². The first-order valence-electron chi connectivity index (χ1n) is 11.9. The molecule has 0 atom stereocenters. The van der Waals surface area contributed by atoms with Crippen LogP contribution in [0.15, 0.2) is 147 Å². The Labute approximate surface area is 210 Å². The Morgan fingerprint density at radius 2 is 0.583 bits per heavy atom. The summed E-state index contributed by atoms with van der Waals surface area (Å²) in [4.78, 5) is 8.19. The van der Waals surface area contributed by atoms with Crippen molar-refractivity contribution in [3.05, 3.63) is 147 Å². The summed E-state index contributed by atoms with van der Waals surface area (Å²) in [6.45, 7) is 0. The van der Waals surface area contributed by atoms with Crippen molar-refractivity contribution >= 4 is 0 Å². The normalized spacial score (nSPS) is 10.8. The molecule has 6 rings (SSSR count). The van der Waals surface area contributed by atoms with E-state index in [1.165, 1.54) is 33.4 Å². The topological polar surface area (TPSA) is 33.5 Å². The smallest absolute Gasteiger partial charge is 0.210 e. The van der Waals surface area contributed by atoms with Gasteiger partial charge in [-0.1, -0.05) is 0 Å². The Morgan fingerprint density at radius 1 is 0.306 bits per heavy atom. The second kappa shape index (κ2) is 9.72. The van der Waals surface area contributed by atoms with Crippen LogP contribution in [0.4, 0.5) is 0 Å². The van der Waals surface area contributed by atoms with E-state index in [1.807, 2.05) is 49.1 Å². The Balaban J connectivity index is 1.17. The zero-order valence-corrected chi connectivity index (χ0v) is 19.6. The predicted octanol–water partition coefficient (Wildman–Crippen LogP) is 6.03. The molecule has 2 aromatic carbocycles. The van der Waals surface area contributed by atoms with Gasteiger partial charge in [-0.2, -0.15) is 9.13 Å². The molecule has 0 radical (unpaired) electrons. The molecule has 0 fully saturated rings. The van der Waals surface area contributed by atoms with Crippen LogP contribution in [0, 0.1) is 0 Å². The van der Waals surface area contributed by atoms with Crippen molar-refractivity contribution in [2.75, 3.05) is 0 Å². The minimum Gasteiger partial charge on any atom is -0.265 e. The highest BCUT2D eigenvalue weighted by Gasteiger charge is 2.10. The molecule has 170 valence electrons. The van der Waals surface area contributed by atoms with E-state index in [1.54, 1.807) is 0 Å². The van der Waals surface area contributed by atoms with Crippen LogP contribution in [-0.2, 0) is 0 Å². The van der Waals surface area contributed by atoms with Crippen LogP contribution in [0.25, 0.3) is 44.8 Å². The van der Waals surface area contributed by atoms with Crippen LogP contribution >= 0.6 is 0 Å². The van der Waals surface area contributed by atoms with Crippen LogP contribution in [0.1, 0.15) is 0 Å². The van der Waals surface area contributed by atoms with Gasteiger partial charge in [0.15, 0.2) is 24.8 Å². The van der Waals surface area contributed by atoms with Crippen molar-refractivity contribution in [2.24, 2.45) is 0 Å². The van der Waals surface area contributed by atoms with Crippen molar-refractivity contribution in [1.82, 2.24) is 9.97 Å². The van der Waals surface area contributed by atoms with Crippen molar-refractivity contribution in [1.29, 1.82) is 0 Å². The summed E-state index contributed by atoms with van der Waals surface area (Å²) in [7, 11) is 0. The number of pyridine rings is 4. The number of aromatic nitrogens is 4. The Hall–Kier alpha value is -4.96. The van der Waals surface area contributed by atoms with Crippen LogP contribution in [0.2, 0.25) is 0 Å². The Morgan fingerprint density at radius 3 is 0.917 bits per heavy atom. The molecule has 0 saturated carbocycles. The van der Waals surface area contributed by atoms with Crippen molar-refractivity contribution in [3.8, 4) is 44.8 Å². The summed E-state index contributed by atoms with van der Waals surface area (Å²) < 4.78 is 4.26. The molecule has 0 aliphatic rings. The first-order chi connectivity index (χ1) is 17.8. The van der Waals surface area contributed by atoms with Gasteiger partial charge in [-0.15, -0.1) is 0 Å². The highest BCUT2D eigenvalue weighted by atomic mass is 14.9. The first-order valence-corrected chi connectivity index (χ1v) is 11.9. The van der Waals surface area contributed by atoms with E-state index in [0.29, 0.717) is 0 Å². The van der Waals surface area contributed by atoms with E-state index >= 15 is 0 Å². The second-order valence-electron chi connectivity index (χ2n) is 8.55. The van der Waals surface area contributed by atoms with Crippen LogP contribution in [-0.4, -0.2) is 9.97 Å². The maximum atomic E-state index is 4.09. The molecule has 4 nitrogen and oxygen atoms in total. The van der Waals surface area contributed by atoms with Gasteiger partial charge in [0.2, 0.25) is 11.4 Å². The average molecular weight is 465 g/mol. The van der Waals surface area contributed by atoms with Gasteiger partial charge in [-0.25, -0.2) is 0 Å². The van der Waals surface area contributed by atoms with Gasteiger partial charge < -0.3 is 0 Å². The van der Waals surface area contributed by atoms with E-state index in [-0.39, 0.29) is 0 Å². The lowest BCUT2D eigenvalue weighted by Gasteiger charge is -2.04. The summed E-state index contributed by atoms with van der Waals surface area (Å²) in [5, 5.41) is 0. The fourth-order valence-electron chi connectivity index (χ4n) is 4.32. The molecule has 0 bridgehead atoms. The van der Waals surface area contributed by atoms with Crippen LogP contribution in [0.3, 0.4) is 0 Å². The molecule has 0 saturated heterocycles. The quantitative estimate of drug-likeness (QED) is 0.292. The summed E-state index contributed by atoms with van der Waals surface area (Å²) in [5.74, 6) is 0. The summed E-state index contributed by atoms with van der Waals surface area (Å²) >= 11 is 0. The minimum absolute atomic E-state index is 1.13. The molecule has 36 heavy (non-hydrogen) atoms. The van der Waals surface area contributed by atoms with E-state index in [9.17, 15) is 0 Å². The molecule has 4 heterocycles. The number of nitrogens with zero attached hydrogens (tertiary/aromatic N) is 4. The van der Waals surface area contributed by atoms with Gasteiger partial charge in [0.05, 0.1) is 0 Å². The van der Waals surface area contributed by atoms with Gasteiger partial charge in [0.25, 0.3) is 0 Å². The maximum absolute atomic E-state index is 4.09. The SMILES string of the molecule is c1cc(-c2cc[n+](-c3ccc(-c4ccc(-[n+]5ccc(-c6ccncc6)cc5)cc4)cc3)cc2)ccn1. The zero-order chi connectivity index (χ0) is 24.2. The fourth-order valence-corrected chi connectivity index (χ4v) is 4.32. The van der Waals surface area contributed by atoms with E-state index < -0.39 is 0 Å². The molecule has 0 amide bonds. The summed E-state index contributed by atoms with van der Waals surface area (Å²) in [5.41, 5.74) is 9.32. The minimum atomic E-state index is 1.13. The summed E-state index contributed by atoms with van der Waals surface area (Å²) in [6, 6.07) is 33.9. The monoisotopic (exact) mass is 464 g/mol. The molecule has 4 aromatic heterocycles. The number of benzene rings is 2. The predicted molar refractivity (Wildman–Crippen MR) is 141 cm³/mol. The van der Waals surface area contributed by atoms with Gasteiger partial charge in [0.1, 0.15) is 0 Å². The maximum Gasteiger partial charge on any atom is 0.210 e. The summed E-state index contributed by atoms with van der Waals surface area (Å²) in [6.07, 6.45) is 15.7. The number of hydrogen-bond donors (Lipinski definition) is 0. The average Bonchev–Trinajstić information content (AvgIpc) is 2.98. The largest absolute Gasteiger partial charge is 0.265 e. The third-order valence-corrected chi connectivity index (χ3v) is 6.35. The number of rotatable bonds is 5. The molecule has 0 unspecified atom stereocenters. The molecule has 4 heteroatoms. The van der Waals surface area contributed by atoms with E-state index in [4.69, 9.17) is 0 Å². The van der Waals surface area contributed by atoms with Crippen LogP contribution < -0.4 is 9.13 Å². The molecule has 6 aromatic rings. The molecule has 0 spiro atoms. The van der Waals surface area contributed by atoms with E-state index in [0.717, 1.165) is 11.4 Å². The third kappa shape index (κ3) is 4.52. The van der Waals surface area contributed by atoms with Crippen molar-refractivity contribution < 1.29 is 9.13 Å². The fraction of sp³-hybridized carbons (Fsp3) is 0. The zero-order valence-electron chi connectivity index (χ0n) is 19.6. The van der Waals surface area contributed by atoms with Crippen LogP contribution in [0.5, 0.6) is 0 Å². The lowest BCUT2D eigenvalue weighted by Crippen LogP contribution is -2.29. The lowest BCUT2D eigenvalue weighted by molar-refractivity contribution is -0.595. The Bertz CT molecular complexity index is 1440. The van der Waals surface area contributed by atoms with Gasteiger partial charge >= 0.3 is 0 Å². The molecular formula is C32H24N4+2. The van der Waals surface area contributed by atoms with E-state index in [2.05, 4.69) is 117 Å². The van der Waals surface area contributed by atoms with Gasteiger partial charge in [0, 0.05) is 73.3 Å². The van der Waals surface area contributed by atoms with Crippen molar-refractivity contribution in [3.63, 3.8) is 0 Å². The third-order valence-electron chi connectivity index (χ3n) is 6.35. The molecular weight excluding hydrogens is 440 g/mol. The Kier molecular flexibility index (Phi) is 5.83. The molecule has 0 N–H and O–H groups in total. The second-order valence-corrected chi connectivity index (χ2v) is 8.55. The number of hydrogen-bond acceptors (Lipinski definition) is 2. The lowest BCUT2D eigenvalue weighted by atomic mass is 10.0. The molecule has 0 aliphatic heterocycles. The van der Waals surface area contributed by atoms with Gasteiger partial charge in [-0.3, -0.25) is 9.97 Å². The van der Waals surface area contributed by atoms with Crippen molar-refractivity contribution in [2.45, 2.75) is 0 Å². The molecule has 0 aliphatic carbocycles. The first kappa shape index (κ1) is 21.6. The highest BCUT2D eigenvalue weighted by molar-refractivity contribution is 5.65. The standard InChI is InChI=1S/C32H24N4/c1-5-31(35-21-13-29(14-22-35)27-9-17-33-18-10-27)6-2-25(1)26-3-7-32(8-4-26)36-23-15-30(16-24-36)28-11-19-34-20-12-28/h1-24H/q+2.